The minimum absolute atomic E-state index is 0.0568. The van der Waals surface area contributed by atoms with Crippen LogP contribution in [0.2, 0.25) is 0 Å². The van der Waals surface area contributed by atoms with Gasteiger partial charge in [0.15, 0.2) is 0 Å². The van der Waals surface area contributed by atoms with Crippen LogP contribution in [0, 0.1) is 19.8 Å². The lowest BCUT2D eigenvalue weighted by Crippen LogP contribution is -2.38. The molecule has 1 fully saturated rings. The van der Waals surface area contributed by atoms with Gasteiger partial charge in [0.2, 0.25) is 0 Å². The summed E-state index contributed by atoms with van der Waals surface area (Å²) in [5, 5.41) is 9.08. The van der Waals surface area contributed by atoms with E-state index in [4.69, 9.17) is 5.11 Å². The van der Waals surface area contributed by atoms with E-state index in [0.717, 1.165) is 28.4 Å². The lowest BCUT2D eigenvalue weighted by Gasteiger charge is -2.25. The van der Waals surface area contributed by atoms with Gasteiger partial charge in [0.25, 0.3) is 5.91 Å². The zero-order valence-electron chi connectivity index (χ0n) is 12.5. The molecule has 0 radical (unpaired) electrons. The second-order valence-electron chi connectivity index (χ2n) is 5.84. The molecule has 1 N–H and O–H groups in total. The predicted molar refractivity (Wildman–Crippen MR) is 84.5 cm³/mol. The number of benzene rings is 1. The Balaban J connectivity index is 2.27. The highest BCUT2D eigenvalue weighted by Gasteiger charge is 2.35. The Bertz CT molecular complexity index is 581. The maximum Gasteiger partial charge on any atom is 0.308 e. The third-order valence-electron chi connectivity index (χ3n) is 3.88. The average Bonchev–Trinajstić information content (AvgIpc) is 3.23. The Kier molecular flexibility index (Phi) is 4.71. The van der Waals surface area contributed by atoms with Crippen molar-refractivity contribution >= 4 is 27.8 Å². The highest BCUT2D eigenvalue weighted by atomic mass is 79.9. The zero-order chi connectivity index (χ0) is 15.7. The summed E-state index contributed by atoms with van der Waals surface area (Å²) >= 11 is 3.46. The van der Waals surface area contributed by atoms with Gasteiger partial charge in [-0.15, -0.1) is 0 Å². The van der Waals surface area contributed by atoms with Crippen molar-refractivity contribution in [2.75, 3.05) is 6.54 Å². The van der Waals surface area contributed by atoms with Gasteiger partial charge in [-0.05, 0) is 49.9 Å². The number of hydrogen-bond acceptors (Lipinski definition) is 2. The summed E-state index contributed by atoms with van der Waals surface area (Å²) < 4.78 is 0.980. The molecular weight excluding hydrogens is 334 g/mol. The van der Waals surface area contributed by atoms with Gasteiger partial charge in [0, 0.05) is 22.6 Å². The Labute approximate surface area is 133 Å². The first kappa shape index (κ1) is 16.0. The van der Waals surface area contributed by atoms with Crippen LogP contribution < -0.4 is 0 Å². The number of nitrogens with zero attached hydrogens (tertiary/aromatic N) is 1. The molecule has 1 saturated carbocycles. The Hall–Kier alpha value is -1.36. The molecule has 1 amide bonds. The summed E-state index contributed by atoms with van der Waals surface area (Å²) in [6.45, 7) is 5.77. The minimum Gasteiger partial charge on any atom is -0.481 e. The number of carbonyl (C=O) groups excluding carboxylic acids is 1. The van der Waals surface area contributed by atoms with Gasteiger partial charge in [0.1, 0.15) is 0 Å². The van der Waals surface area contributed by atoms with Crippen molar-refractivity contribution < 1.29 is 14.7 Å². The summed E-state index contributed by atoms with van der Waals surface area (Å²) in [6.07, 6.45) is 1.93. The smallest absolute Gasteiger partial charge is 0.308 e. The number of aryl methyl sites for hydroxylation is 2. The molecule has 4 nitrogen and oxygen atoms in total. The molecule has 0 spiro atoms. The van der Waals surface area contributed by atoms with Crippen LogP contribution in [0.4, 0.5) is 0 Å². The van der Waals surface area contributed by atoms with Crippen LogP contribution in [0.15, 0.2) is 16.6 Å². The monoisotopic (exact) mass is 353 g/mol. The summed E-state index contributed by atoms with van der Waals surface area (Å²) in [4.78, 5) is 25.6. The van der Waals surface area contributed by atoms with Crippen LogP contribution in [0.25, 0.3) is 0 Å². The van der Waals surface area contributed by atoms with Gasteiger partial charge in [-0.25, -0.2) is 0 Å². The van der Waals surface area contributed by atoms with Gasteiger partial charge in [-0.1, -0.05) is 22.9 Å². The topological polar surface area (TPSA) is 57.6 Å². The van der Waals surface area contributed by atoms with Crippen LogP contribution in [0.5, 0.6) is 0 Å². The van der Waals surface area contributed by atoms with E-state index in [1.165, 1.54) is 0 Å². The van der Waals surface area contributed by atoms with Crippen LogP contribution >= 0.6 is 15.9 Å². The van der Waals surface area contributed by atoms with Gasteiger partial charge < -0.3 is 10.0 Å². The standard InChI is InChI=1S/C16H20BrNO3/c1-9-7-14(17)10(2)6-13(9)15(19)18(12-4-5-12)8-11(3)16(20)21/h6-7,11-12H,4-5,8H2,1-3H3,(H,20,21). The number of rotatable bonds is 5. The molecule has 21 heavy (non-hydrogen) atoms. The normalized spacial score (nSPS) is 15.6. The molecule has 0 aliphatic heterocycles. The quantitative estimate of drug-likeness (QED) is 0.882. The van der Waals surface area contributed by atoms with Gasteiger partial charge in [-0.3, -0.25) is 9.59 Å². The van der Waals surface area contributed by atoms with Gasteiger partial charge in [0.05, 0.1) is 5.92 Å². The second-order valence-corrected chi connectivity index (χ2v) is 6.70. The molecule has 1 aliphatic rings. The summed E-state index contributed by atoms with van der Waals surface area (Å²) in [5.41, 5.74) is 2.58. The Morgan fingerprint density at radius 3 is 2.48 bits per heavy atom. The van der Waals surface area contributed by atoms with Gasteiger partial charge in [-0.2, -0.15) is 0 Å². The largest absolute Gasteiger partial charge is 0.481 e. The fourth-order valence-electron chi connectivity index (χ4n) is 2.32. The molecule has 1 unspecified atom stereocenters. The molecule has 1 aromatic rings. The summed E-state index contributed by atoms with van der Waals surface area (Å²) in [7, 11) is 0. The SMILES string of the molecule is Cc1cc(C(=O)N(CC(C)C(=O)O)C2CC2)c(C)cc1Br. The van der Waals surface area contributed by atoms with E-state index in [1.54, 1.807) is 11.8 Å². The number of carboxylic acids is 1. The van der Waals surface area contributed by atoms with E-state index >= 15 is 0 Å². The summed E-state index contributed by atoms with van der Waals surface area (Å²) in [5.74, 6) is -1.47. The van der Waals surface area contributed by atoms with Crippen molar-refractivity contribution in [2.24, 2.45) is 5.92 Å². The van der Waals surface area contributed by atoms with Crippen LogP contribution in [0.3, 0.4) is 0 Å². The molecule has 0 aromatic heterocycles. The van der Waals surface area contributed by atoms with Crippen molar-refractivity contribution in [1.29, 1.82) is 0 Å². The third-order valence-corrected chi connectivity index (χ3v) is 4.73. The van der Waals surface area contributed by atoms with Crippen molar-refractivity contribution in [3.63, 3.8) is 0 Å². The minimum atomic E-state index is -0.864. The van der Waals surface area contributed by atoms with E-state index in [1.807, 2.05) is 26.0 Å². The molecule has 5 heteroatoms. The number of halogens is 1. The van der Waals surface area contributed by atoms with Crippen LogP contribution in [-0.4, -0.2) is 34.5 Å². The molecule has 0 heterocycles. The lowest BCUT2D eigenvalue weighted by molar-refractivity contribution is -0.141. The molecule has 0 saturated heterocycles. The van der Waals surface area contributed by atoms with Crippen molar-refractivity contribution in [3.05, 3.63) is 33.3 Å². The fourth-order valence-corrected chi connectivity index (χ4v) is 2.78. The van der Waals surface area contributed by atoms with E-state index in [9.17, 15) is 9.59 Å². The Morgan fingerprint density at radius 1 is 1.33 bits per heavy atom. The number of carboxylic acid groups (broad SMARTS) is 1. The lowest BCUT2D eigenvalue weighted by atomic mass is 10.0. The molecule has 1 aliphatic carbocycles. The molecule has 1 aromatic carbocycles. The first-order valence-corrected chi connectivity index (χ1v) is 7.91. The third kappa shape index (κ3) is 3.64. The first-order chi connectivity index (χ1) is 9.81. The van der Waals surface area contributed by atoms with Crippen molar-refractivity contribution in [3.8, 4) is 0 Å². The number of aliphatic carboxylic acids is 1. The predicted octanol–water partition coefficient (Wildman–Crippen LogP) is 3.39. The number of carbonyl (C=O) groups is 2. The van der Waals surface area contributed by atoms with Crippen LogP contribution in [0.1, 0.15) is 41.3 Å². The Morgan fingerprint density at radius 2 is 1.95 bits per heavy atom. The van der Waals surface area contributed by atoms with E-state index in [0.29, 0.717) is 5.56 Å². The first-order valence-electron chi connectivity index (χ1n) is 7.11. The second kappa shape index (κ2) is 6.18. The summed E-state index contributed by atoms with van der Waals surface area (Å²) in [6, 6.07) is 4.01. The number of amides is 1. The molecule has 1 atom stereocenters. The molecular formula is C16H20BrNO3. The maximum atomic E-state index is 12.8. The van der Waals surface area contributed by atoms with Crippen LogP contribution in [-0.2, 0) is 4.79 Å². The van der Waals surface area contributed by atoms with E-state index in [-0.39, 0.29) is 18.5 Å². The molecule has 114 valence electrons. The fraction of sp³-hybridized carbons (Fsp3) is 0.500. The van der Waals surface area contributed by atoms with Gasteiger partial charge >= 0.3 is 5.97 Å². The highest BCUT2D eigenvalue weighted by molar-refractivity contribution is 9.10. The van der Waals surface area contributed by atoms with E-state index < -0.39 is 11.9 Å². The van der Waals surface area contributed by atoms with E-state index in [2.05, 4.69) is 15.9 Å². The molecule has 0 bridgehead atoms. The van der Waals surface area contributed by atoms with Crippen molar-refractivity contribution in [2.45, 2.75) is 39.7 Å². The highest BCUT2D eigenvalue weighted by Crippen LogP contribution is 2.30. The van der Waals surface area contributed by atoms with Crippen molar-refractivity contribution in [1.82, 2.24) is 4.90 Å². The maximum absolute atomic E-state index is 12.8. The average molecular weight is 354 g/mol. The zero-order valence-corrected chi connectivity index (χ0v) is 14.1. The molecule has 2 rings (SSSR count). The number of hydrogen-bond donors (Lipinski definition) is 1.